The van der Waals surface area contributed by atoms with E-state index in [1.165, 1.54) is 6.20 Å². The van der Waals surface area contributed by atoms with Gasteiger partial charge in [0, 0.05) is 10.5 Å². The van der Waals surface area contributed by atoms with Gasteiger partial charge in [-0.3, -0.25) is 9.59 Å². The van der Waals surface area contributed by atoms with E-state index < -0.39 is 11.9 Å². The van der Waals surface area contributed by atoms with Gasteiger partial charge in [-0.15, -0.1) is 0 Å². The van der Waals surface area contributed by atoms with Crippen LogP contribution in [0.2, 0.25) is 0 Å². The Morgan fingerprint density at radius 3 is 2.67 bits per heavy atom. The average Bonchev–Trinajstić information content (AvgIpc) is 3.15. The van der Waals surface area contributed by atoms with Crippen molar-refractivity contribution in [2.75, 3.05) is 0 Å². The smallest absolute Gasteiger partial charge is 0.308 e. The molecule has 24 heavy (non-hydrogen) atoms. The van der Waals surface area contributed by atoms with Crippen molar-refractivity contribution in [2.45, 2.75) is 32.2 Å². The fraction of sp³-hybridized carbons (Fsp3) is 0.353. The number of hydrogen-bond acceptors (Lipinski definition) is 3. The topological polar surface area (TPSA) is 84.2 Å². The number of hydrogen-bond donors (Lipinski definition) is 2. The average molecular weight is 392 g/mol. The molecule has 1 saturated carbocycles. The lowest BCUT2D eigenvalue weighted by Gasteiger charge is -2.17. The summed E-state index contributed by atoms with van der Waals surface area (Å²) in [5.41, 5.74) is 2.05. The molecule has 0 unspecified atom stereocenters. The van der Waals surface area contributed by atoms with E-state index in [4.69, 9.17) is 0 Å². The number of nitrogens with zero attached hydrogens (tertiary/aromatic N) is 2. The fourth-order valence-corrected chi connectivity index (χ4v) is 3.41. The number of carbonyl (C=O) groups is 2. The summed E-state index contributed by atoms with van der Waals surface area (Å²) < 4.78 is 2.67. The Labute approximate surface area is 148 Å². The van der Waals surface area contributed by atoms with Crippen molar-refractivity contribution in [3.63, 3.8) is 0 Å². The number of benzene rings is 1. The zero-order valence-electron chi connectivity index (χ0n) is 13.2. The van der Waals surface area contributed by atoms with Crippen molar-refractivity contribution < 1.29 is 14.7 Å². The van der Waals surface area contributed by atoms with Crippen LogP contribution in [0.1, 0.15) is 35.3 Å². The Hall–Kier alpha value is -2.15. The Morgan fingerprint density at radius 1 is 1.29 bits per heavy atom. The summed E-state index contributed by atoms with van der Waals surface area (Å²) in [5.74, 6) is -1.62. The van der Waals surface area contributed by atoms with Crippen molar-refractivity contribution in [1.82, 2.24) is 15.1 Å². The Morgan fingerprint density at radius 2 is 2.00 bits per heavy atom. The summed E-state index contributed by atoms with van der Waals surface area (Å²) in [6.45, 7) is 1.83. The first-order valence-corrected chi connectivity index (χ1v) is 8.61. The molecule has 0 saturated heterocycles. The van der Waals surface area contributed by atoms with Crippen LogP contribution < -0.4 is 5.32 Å². The van der Waals surface area contributed by atoms with E-state index in [1.807, 2.05) is 31.2 Å². The van der Waals surface area contributed by atoms with Gasteiger partial charge in [0.25, 0.3) is 5.91 Å². The maximum atomic E-state index is 12.5. The van der Waals surface area contributed by atoms with Gasteiger partial charge in [0.05, 0.1) is 29.1 Å². The molecule has 1 aromatic heterocycles. The highest BCUT2D eigenvalue weighted by atomic mass is 79.9. The molecule has 1 aliphatic carbocycles. The van der Waals surface area contributed by atoms with E-state index in [0.717, 1.165) is 22.3 Å². The van der Waals surface area contributed by atoms with Gasteiger partial charge >= 0.3 is 5.97 Å². The summed E-state index contributed by atoms with van der Waals surface area (Å²) in [7, 11) is 0. The summed E-state index contributed by atoms with van der Waals surface area (Å²) in [5, 5.41) is 16.4. The minimum atomic E-state index is -0.847. The van der Waals surface area contributed by atoms with Crippen molar-refractivity contribution in [1.29, 1.82) is 0 Å². The molecule has 0 aliphatic heterocycles. The van der Waals surface area contributed by atoms with Crippen molar-refractivity contribution in [3.8, 4) is 5.69 Å². The lowest BCUT2D eigenvalue weighted by Crippen LogP contribution is -2.40. The molecule has 0 bridgehead atoms. The maximum Gasteiger partial charge on any atom is 0.308 e. The molecule has 0 spiro atoms. The molecular formula is C17H18BrN3O3. The molecule has 1 fully saturated rings. The van der Waals surface area contributed by atoms with Crippen LogP contribution >= 0.6 is 15.9 Å². The Kier molecular flexibility index (Phi) is 4.71. The maximum absolute atomic E-state index is 12.5. The van der Waals surface area contributed by atoms with Crippen molar-refractivity contribution in [3.05, 3.63) is 46.2 Å². The van der Waals surface area contributed by atoms with E-state index in [9.17, 15) is 14.7 Å². The summed E-state index contributed by atoms with van der Waals surface area (Å²) in [6, 6.07) is 7.32. The second kappa shape index (κ2) is 6.76. The number of aliphatic carboxylic acids is 1. The highest BCUT2D eigenvalue weighted by molar-refractivity contribution is 9.10. The van der Waals surface area contributed by atoms with Crippen LogP contribution in [0.3, 0.4) is 0 Å². The highest BCUT2D eigenvalue weighted by Crippen LogP contribution is 2.26. The molecule has 0 radical (unpaired) electrons. The largest absolute Gasteiger partial charge is 0.481 e. The molecule has 2 atom stereocenters. The summed E-state index contributed by atoms with van der Waals surface area (Å²) in [4.78, 5) is 23.8. The first-order chi connectivity index (χ1) is 11.5. The zero-order chi connectivity index (χ0) is 17.3. The number of carbonyl (C=O) groups excluding carboxylic acids is 1. The standard InChI is InChI=1S/C17H18BrN3O3/c1-10-14(9-19-21(10)12-7-5-11(18)6-8-12)16(22)20-15-4-2-3-13(15)17(23)24/h5-9,13,15H,2-4H2,1H3,(H,20,22)(H,23,24)/t13-,15+/m0/s1. The van der Waals surface area contributed by atoms with E-state index >= 15 is 0 Å². The predicted octanol–water partition coefficient (Wildman–Crippen LogP) is 2.93. The normalized spacial score (nSPS) is 20.1. The third-order valence-corrected chi connectivity index (χ3v) is 5.00. The third kappa shape index (κ3) is 3.21. The second-order valence-electron chi connectivity index (χ2n) is 5.99. The predicted molar refractivity (Wildman–Crippen MR) is 92.2 cm³/mol. The summed E-state index contributed by atoms with van der Waals surface area (Å²) in [6.07, 6.45) is 3.65. The SMILES string of the molecule is Cc1c(C(=O)N[C@@H]2CCC[C@@H]2C(=O)O)cnn1-c1ccc(Br)cc1. The number of aromatic nitrogens is 2. The van der Waals surface area contributed by atoms with Gasteiger partial charge in [0.15, 0.2) is 0 Å². The van der Waals surface area contributed by atoms with Crippen molar-refractivity contribution >= 4 is 27.8 Å². The third-order valence-electron chi connectivity index (χ3n) is 4.48. The lowest BCUT2D eigenvalue weighted by atomic mass is 10.0. The highest BCUT2D eigenvalue weighted by Gasteiger charge is 2.34. The Balaban J connectivity index is 1.79. The molecule has 6 nitrogen and oxygen atoms in total. The van der Waals surface area contributed by atoms with Crippen LogP contribution in [0, 0.1) is 12.8 Å². The molecule has 2 aromatic rings. The number of rotatable bonds is 4. The van der Waals surface area contributed by atoms with E-state index in [-0.39, 0.29) is 11.9 Å². The molecule has 3 rings (SSSR count). The molecule has 1 aromatic carbocycles. The van der Waals surface area contributed by atoms with Gasteiger partial charge in [-0.05, 0) is 44.0 Å². The van der Waals surface area contributed by atoms with Crippen molar-refractivity contribution in [2.24, 2.45) is 5.92 Å². The van der Waals surface area contributed by atoms with Gasteiger partial charge in [-0.2, -0.15) is 5.10 Å². The zero-order valence-corrected chi connectivity index (χ0v) is 14.8. The monoisotopic (exact) mass is 391 g/mol. The molecular weight excluding hydrogens is 374 g/mol. The molecule has 7 heteroatoms. The number of carboxylic acid groups (broad SMARTS) is 1. The first-order valence-electron chi connectivity index (χ1n) is 7.81. The van der Waals surface area contributed by atoms with Crippen LogP contribution in [-0.2, 0) is 4.79 Å². The van der Waals surface area contributed by atoms with E-state index in [0.29, 0.717) is 18.4 Å². The molecule has 1 aliphatic rings. The Bertz CT molecular complexity index is 770. The van der Waals surface area contributed by atoms with E-state index in [2.05, 4.69) is 26.3 Å². The van der Waals surface area contributed by atoms with Gasteiger partial charge in [-0.25, -0.2) is 4.68 Å². The number of nitrogens with one attached hydrogen (secondary N) is 1. The van der Waals surface area contributed by atoms with Crippen LogP contribution in [0.15, 0.2) is 34.9 Å². The minimum absolute atomic E-state index is 0.269. The lowest BCUT2D eigenvalue weighted by molar-refractivity contribution is -0.142. The van der Waals surface area contributed by atoms with Crippen LogP contribution in [0.5, 0.6) is 0 Å². The van der Waals surface area contributed by atoms with Gasteiger partial charge in [0.2, 0.25) is 0 Å². The number of amides is 1. The van der Waals surface area contributed by atoms with Crippen LogP contribution in [0.4, 0.5) is 0 Å². The molecule has 126 valence electrons. The van der Waals surface area contributed by atoms with Crippen LogP contribution in [0.25, 0.3) is 5.69 Å². The summed E-state index contributed by atoms with van der Waals surface area (Å²) >= 11 is 3.39. The fourth-order valence-electron chi connectivity index (χ4n) is 3.15. The van der Waals surface area contributed by atoms with Gasteiger partial charge in [0.1, 0.15) is 0 Å². The van der Waals surface area contributed by atoms with Crippen LogP contribution in [-0.4, -0.2) is 32.8 Å². The van der Waals surface area contributed by atoms with E-state index in [1.54, 1.807) is 4.68 Å². The molecule has 1 amide bonds. The minimum Gasteiger partial charge on any atom is -0.481 e. The molecule has 2 N–H and O–H groups in total. The second-order valence-corrected chi connectivity index (χ2v) is 6.90. The quantitative estimate of drug-likeness (QED) is 0.838. The van der Waals surface area contributed by atoms with Gasteiger partial charge in [-0.1, -0.05) is 22.4 Å². The van der Waals surface area contributed by atoms with Gasteiger partial charge < -0.3 is 10.4 Å². The number of carboxylic acids is 1. The molecule has 1 heterocycles. The first kappa shape index (κ1) is 16.7. The number of halogens is 1.